The van der Waals surface area contributed by atoms with Crippen molar-refractivity contribution in [1.29, 1.82) is 0 Å². The predicted octanol–water partition coefficient (Wildman–Crippen LogP) is 2.65. The van der Waals surface area contributed by atoms with E-state index in [1.165, 1.54) is 11.3 Å². The van der Waals surface area contributed by atoms with Crippen molar-refractivity contribution in [3.8, 4) is 11.5 Å². The summed E-state index contributed by atoms with van der Waals surface area (Å²) in [5.74, 6) is 0.888. The van der Waals surface area contributed by atoms with E-state index < -0.39 is 0 Å². The number of likely N-dealkylation sites (tertiary alicyclic amines) is 1. The summed E-state index contributed by atoms with van der Waals surface area (Å²) in [5.41, 5.74) is 0.465. The third kappa shape index (κ3) is 3.11. The lowest BCUT2D eigenvalue weighted by Crippen LogP contribution is -2.42. The molecule has 7 heteroatoms. The minimum atomic E-state index is -0.208. The standard InChI is InChI=1S/C18H18N2O4S/c21-15(13-5-1-2-6-19-13)12-4-3-7-20(10-12)18(22)17-16-14(11-25-17)23-8-9-24-16/h1-2,5-6,11-12H,3-4,7-10H2/t12-/m1/s1. The topological polar surface area (TPSA) is 68.7 Å². The molecule has 1 atom stereocenters. The molecule has 1 fully saturated rings. The molecule has 25 heavy (non-hydrogen) atoms. The number of hydrogen-bond donors (Lipinski definition) is 0. The molecule has 2 aromatic rings. The van der Waals surface area contributed by atoms with E-state index in [0.717, 1.165) is 12.8 Å². The van der Waals surface area contributed by atoms with E-state index in [1.807, 2.05) is 5.38 Å². The van der Waals surface area contributed by atoms with Gasteiger partial charge in [0.25, 0.3) is 5.91 Å². The van der Waals surface area contributed by atoms with Crippen LogP contribution in [0.15, 0.2) is 29.8 Å². The molecule has 6 nitrogen and oxygen atoms in total. The lowest BCUT2D eigenvalue weighted by atomic mass is 9.92. The molecule has 2 aliphatic heterocycles. The normalized spacial score (nSPS) is 19.5. The maximum Gasteiger partial charge on any atom is 0.267 e. The van der Waals surface area contributed by atoms with E-state index in [9.17, 15) is 9.59 Å². The molecule has 0 saturated carbocycles. The second kappa shape index (κ2) is 6.84. The first-order valence-electron chi connectivity index (χ1n) is 8.35. The minimum absolute atomic E-state index is 0.00546. The van der Waals surface area contributed by atoms with Crippen LogP contribution in [0.3, 0.4) is 0 Å². The molecule has 4 heterocycles. The molecular weight excluding hydrogens is 340 g/mol. The summed E-state index contributed by atoms with van der Waals surface area (Å²) >= 11 is 1.33. The van der Waals surface area contributed by atoms with Gasteiger partial charge in [0, 0.05) is 30.6 Å². The second-order valence-electron chi connectivity index (χ2n) is 6.12. The Labute approximate surface area is 149 Å². The number of pyridine rings is 1. The average molecular weight is 358 g/mol. The number of ketones is 1. The number of hydrogen-bond acceptors (Lipinski definition) is 6. The molecule has 0 unspecified atom stereocenters. The zero-order valence-corrected chi connectivity index (χ0v) is 14.5. The van der Waals surface area contributed by atoms with Crippen molar-refractivity contribution in [2.45, 2.75) is 12.8 Å². The molecular formula is C18H18N2O4S. The van der Waals surface area contributed by atoms with Crippen molar-refractivity contribution in [1.82, 2.24) is 9.88 Å². The Bertz CT molecular complexity index is 790. The number of amides is 1. The number of piperidine rings is 1. The Morgan fingerprint density at radius 3 is 2.96 bits per heavy atom. The number of ether oxygens (including phenoxy) is 2. The van der Waals surface area contributed by atoms with E-state index in [4.69, 9.17) is 9.47 Å². The van der Waals surface area contributed by atoms with Crippen LogP contribution in [0.5, 0.6) is 11.5 Å². The van der Waals surface area contributed by atoms with E-state index in [-0.39, 0.29) is 17.6 Å². The smallest absolute Gasteiger partial charge is 0.267 e. The molecule has 1 saturated heterocycles. The summed E-state index contributed by atoms with van der Waals surface area (Å²) in [6.45, 7) is 2.02. The van der Waals surface area contributed by atoms with Crippen LogP contribution < -0.4 is 9.47 Å². The van der Waals surface area contributed by atoms with Gasteiger partial charge in [-0.15, -0.1) is 11.3 Å². The number of nitrogens with zero attached hydrogens (tertiary/aromatic N) is 2. The van der Waals surface area contributed by atoms with Crippen LogP contribution in [0, 0.1) is 5.92 Å². The minimum Gasteiger partial charge on any atom is -0.485 e. The zero-order chi connectivity index (χ0) is 17.2. The molecule has 130 valence electrons. The molecule has 0 radical (unpaired) electrons. The summed E-state index contributed by atoms with van der Waals surface area (Å²) in [5, 5.41) is 1.81. The number of aromatic nitrogens is 1. The van der Waals surface area contributed by atoms with Crippen molar-refractivity contribution in [2.24, 2.45) is 5.92 Å². The predicted molar refractivity (Wildman–Crippen MR) is 92.5 cm³/mol. The first kappa shape index (κ1) is 16.1. The van der Waals surface area contributed by atoms with Crippen LogP contribution in [-0.2, 0) is 0 Å². The van der Waals surface area contributed by atoms with E-state index in [1.54, 1.807) is 29.3 Å². The fourth-order valence-electron chi connectivity index (χ4n) is 3.25. The Morgan fingerprint density at radius 1 is 1.24 bits per heavy atom. The van der Waals surface area contributed by atoms with Gasteiger partial charge < -0.3 is 14.4 Å². The highest BCUT2D eigenvalue weighted by atomic mass is 32.1. The van der Waals surface area contributed by atoms with E-state index >= 15 is 0 Å². The van der Waals surface area contributed by atoms with Crippen molar-refractivity contribution >= 4 is 23.0 Å². The lowest BCUT2D eigenvalue weighted by molar-refractivity contribution is 0.0633. The zero-order valence-electron chi connectivity index (χ0n) is 13.6. The molecule has 0 bridgehead atoms. The van der Waals surface area contributed by atoms with Crippen molar-refractivity contribution in [2.75, 3.05) is 26.3 Å². The summed E-state index contributed by atoms with van der Waals surface area (Å²) in [7, 11) is 0. The van der Waals surface area contributed by atoms with Gasteiger partial charge in [-0.05, 0) is 25.0 Å². The molecule has 0 spiro atoms. The highest BCUT2D eigenvalue weighted by Crippen LogP contribution is 2.40. The summed E-state index contributed by atoms with van der Waals surface area (Å²) in [6, 6.07) is 5.32. The van der Waals surface area contributed by atoms with Gasteiger partial charge in [0.2, 0.25) is 0 Å². The van der Waals surface area contributed by atoms with Gasteiger partial charge in [-0.25, -0.2) is 0 Å². The SMILES string of the molecule is O=C(c1ccccn1)[C@@H]1CCCN(C(=O)c2scc3c2OCCO3)C1. The number of Topliss-reactive ketones (excluding diaryl/α,β-unsaturated/α-hetero) is 1. The van der Waals surface area contributed by atoms with Crippen LogP contribution in [-0.4, -0.2) is 47.9 Å². The maximum atomic E-state index is 12.9. The van der Waals surface area contributed by atoms with Crippen molar-refractivity contribution in [3.63, 3.8) is 0 Å². The van der Waals surface area contributed by atoms with Crippen LogP contribution in [0.2, 0.25) is 0 Å². The molecule has 2 aromatic heterocycles. The van der Waals surface area contributed by atoms with Gasteiger partial charge in [0.15, 0.2) is 17.3 Å². The summed E-state index contributed by atoms with van der Waals surface area (Å²) < 4.78 is 11.1. The van der Waals surface area contributed by atoms with E-state index in [2.05, 4.69) is 4.98 Å². The van der Waals surface area contributed by atoms with Crippen LogP contribution in [0.1, 0.15) is 33.0 Å². The fraction of sp³-hybridized carbons (Fsp3) is 0.389. The molecule has 4 rings (SSSR count). The van der Waals surface area contributed by atoms with Crippen molar-refractivity contribution < 1.29 is 19.1 Å². The van der Waals surface area contributed by atoms with Crippen LogP contribution in [0.4, 0.5) is 0 Å². The van der Waals surface area contributed by atoms with Crippen molar-refractivity contribution in [3.05, 3.63) is 40.3 Å². The van der Waals surface area contributed by atoms with E-state index in [0.29, 0.717) is 48.4 Å². The average Bonchev–Trinajstić information content (AvgIpc) is 3.12. The fourth-order valence-corrected chi connectivity index (χ4v) is 4.14. The first-order valence-corrected chi connectivity index (χ1v) is 9.23. The monoisotopic (exact) mass is 358 g/mol. The number of fused-ring (bicyclic) bond motifs is 1. The highest BCUT2D eigenvalue weighted by Gasteiger charge is 2.33. The Balaban J connectivity index is 1.50. The second-order valence-corrected chi connectivity index (χ2v) is 7.00. The molecule has 1 amide bonds. The Kier molecular flexibility index (Phi) is 4.40. The molecule has 2 aliphatic rings. The van der Waals surface area contributed by atoms with Crippen LogP contribution >= 0.6 is 11.3 Å². The summed E-state index contributed by atoms with van der Waals surface area (Å²) in [6.07, 6.45) is 3.20. The molecule has 0 N–H and O–H groups in total. The highest BCUT2D eigenvalue weighted by molar-refractivity contribution is 7.12. The van der Waals surface area contributed by atoms with Gasteiger partial charge in [-0.2, -0.15) is 0 Å². The quantitative estimate of drug-likeness (QED) is 0.789. The summed E-state index contributed by atoms with van der Waals surface area (Å²) in [4.78, 5) is 32.0. The molecule has 0 aliphatic carbocycles. The number of carbonyl (C=O) groups excluding carboxylic acids is 2. The van der Waals surface area contributed by atoms with Gasteiger partial charge in [-0.1, -0.05) is 6.07 Å². The Morgan fingerprint density at radius 2 is 2.12 bits per heavy atom. The van der Waals surface area contributed by atoms with Gasteiger partial charge >= 0.3 is 0 Å². The van der Waals surface area contributed by atoms with Crippen LogP contribution in [0.25, 0.3) is 0 Å². The lowest BCUT2D eigenvalue weighted by Gasteiger charge is -2.32. The maximum absolute atomic E-state index is 12.9. The van der Waals surface area contributed by atoms with Gasteiger partial charge in [0.1, 0.15) is 23.8 Å². The van der Waals surface area contributed by atoms with Gasteiger partial charge in [0.05, 0.1) is 0 Å². The largest absolute Gasteiger partial charge is 0.485 e. The van der Waals surface area contributed by atoms with Gasteiger partial charge in [-0.3, -0.25) is 14.6 Å². The first-order chi connectivity index (χ1) is 12.2. The Hall–Kier alpha value is -2.41. The third-order valence-corrected chi connectivity index (χ3v) is 5.42. The number of thiophene rings is 1. The third-order valence-electron chi connectivity index (χ3n) is 4.49. The molecule has 0 aromatic carbocycles. The number of carbonyl (C=O) groups is 2. The number of rotatable bonds is 3.